The molecule has 1 aromatic rings. The van der Waals surface area contributed by atoms with E-state index in [0.717, 1.165) is 12.0 Å². The van der Waals surface area contributed by atoms with E-state index in [4.69, 9.17) is 11.6 Å². The second kappa shape index (κ2) is 3.83. The van der Waals surface area contributed by atoms with E-state index in [9.17, 15) is 8.78 Å². The van der Waals surface area contributed by atoms with E-state index in [0.29, 0.717) is 17.1 Å². The van der Waals surface area contributed by atoms with E-state index in [1.54, 1.807) is 12.1 Å². The minimum absolute atomic E-state index is 0.431. The highest BCUT2D eigenvalue weighted by molar-refractivity contribution is 6.31. The monoisotopic (exact) mass is 217 g/mol. The Morgan fingerprint density at radius 3 is 2.93 bits per heavy atom. The van der Waals surface area contributed by atoms with Gasteiger partial charge in [-0.25, -0.2) is 8.78 Å². The average Bonchev–Trinajstić information content (AvgIpc) is 2.17. The van der Waals surface area contributed by atoms with Crippen LogP contribution in [0.15, 0.2) is 18.2 Å². The fraction of sp³-hybridized carbons (Fsp3) is 0.400. The third kappa shape index (κ3) is 1.62. The van der Waals surface area contributed by atoms with Crippen LogP contribution >= 0.6 is 11.6 Å². The molecule has 0 aliphatic carbocycles. The van der Waals surface area contributed by atoms with Gasteiger partial charge in [0, 0.05) is 5.02 Å². The van der Waals surface area contributed by atoms with Crippen molar-refractivity contribution >= 4 is 11.6 Å². The van der Waals surface area contributed by atoms with Crippen LogP contribution in [0, 0.1) is 0 Å². The van der Waals surface area contributed by atoms with Crippen molar-refractivity contribution in [3.8, 4) is 0 Å². The minimum atomic E-state index is -2.41. The molecular weight excluding hydrogens is 208 g/mol. The summed E-state index contributed by atoms with van der Waals surface area (Å²) in [6, 6.07) is 4.40. The lowest BCUT2D eigenvalue weighted by molar-refractivity contribution is 0.0954. The number of hydrogen-bond acceptors (Lipinski definition) is 1. The normalized spacial score (nSPS) is 21.0. The highest BCUT2D eigenvalue weighted by Crippen LogP contribution is 2.33. The van der Waals surface area contributed by atoms with Gasteiger partial charge in [-0.15, -0.1) is 0 Å². The summed E-state index contributed by atoms with van der Waals surface area (Å²) in [5.41, 5.74) is 1.50. The first kappa shape index (κ1) is 9.87. The molecule has 1 nitrogen and oxygen atoms in total. The van der Waals surface area contributed by atoms with Gasteiger partial charge in [0.05, 0.1) is 6.04 Å². The third-order valence-corrected chi connectivity index (χ3v) is 2.79. The Morgan fingerprint density at radius 1 is 1.43 bits per heavy atom. The number of halogens is 3. The predicted molar refractivity (Wildman–Crippen MR) is 51.9 cm³/mol. The molecule has 0 fully saturated rings. The van der Waals surface area contributed by atoms with Crippen molar-refractivity contribution in [3.05, 3.63) is 34.3 Å². The number of alkyl halides is 2. The lowest BCUT2D eigenvalue weighted by Crippen LogP contribution is -2.34. The van der Waals surface area contributed by atoms with E-state index in [-0.39, 0.29) is 0 Å². The third-order valence-electron chi connectivity index (χ3n) is 2.46. The van der Waals surface area contributed by atoms with Gasteiger partial charge >= 0.3 is 0 Å². The molecule has 1 atom stereocenters. The molecule has 1 unspecified atom stereocenters. The molecule has 0 amide bonds. The lowest BCUT2D eigenvalue weighted by atomic mass is 9.94. The summed E-state index contributed by atoms with van der Waals surface area (Å²) in [6.45, 7) is 0.586. The van der Waals surface area contributed by atoms with Crippen molar-refractivity contribution in [3.63, 3.8) is 0 Å². The van der Waals surface area contributed by atoms with Crippen LogP contribution in [0.4, 0.5) is 8.78 Å². The molecule has 0 saturated carbocycles. The Hall–Kier alpha value is -0.670. The number of nitrogens with one attached hydrogen (secondary N) is 1. The highest BCUT2D eigenvalue weighted by Gasteiger charge is 2.29. The molecule has 1 heterocycles. The van der Waals surface area contributed by atoms with Gasteiger partial charge in [-0.05, 0) is 30.2 Å². The van der Waals surface area contributed by atoms with Gasteiger partial charge in [0.25, 0.3) is 6.43 Å². The zero-order valence-corrected chi connectivity index (χ0v) is 8.19. The molecule has 1 aromatic carbocycles. The number of hydrogen-bond donors (Lipinski definition) is 1. The minimum Gasteiger partial charge on any atom is -0.305 e. The van der Waals surface area contributed by atoms with E-state index in [2.05, 4.69) is 5.32 Å². The quantitative estimate of drug-likeness (QED) is 0.763. The second-order valence-electron chi connectivity index (χ2n) is 3.33. The molecular formula is C10H10ClF2N. The molecule has 1 N–H and O–H groups in total. The molecule has 0 aromatic heterocycles. The fourth-order valence-corrected chi connectivity index (χ4v) is 2.14. The van der Waals surface area contributed by atoms with E-state index >= 15 is 0 Å². The van der Waals surface area contributed by atoms with Crippen molar-refractivity contribution in [1.82, 2.24) is 5.32 Å². The Morgan fingerprint density at radius 2 is 2.21 bits per heavy atom. The van der Waals surface area contributed by atoms with Crippen LogP contribution < -0.4 is 5.32 Å². The maximum atomic E-state index is 12.7. The van der Waals surface area contributed by atoms with Crippen LogP contribution in [0.5, 0.6) is 0 Å². The Labute approximate surface area is 86.1 Å². The van der Waals surface area contributed by atoms with Gasteiger partial charge < -0.3 is 5.32 Å². The smallest absolute Gasteiger partial charge is 0.257 e. The molecule has 0 bridgehead atoms. The highest BCUT2D eigenvalue weighted by atomic mass is 35.5. The van der Waals surface area contributed by atoms with Gasteiger partial charge in [0.1, 0.15) is 0 Å². The van der Waals surface area contributed by atoms with Gasteiger partial charge in [-0.3, -0.25) is 0 Å². The van der Waals surface area contributed by atoms with Crippen molar-refractivity contribution in [2.45, 2.75) is 18.9 Å². The molecule has 2 rings (SSSR count). The SMILES string of the molecule is FC(F)C1NCCc2cccc(Cl)c21. The Balaban J connectivity index is 2.47. The van der Waals surface area contributed by atoms with Crippen molar-refractivity contribution in [1.29, 1.82) is 0 Å². The number of benzene rings is 1. The summed E-state index contributed by atoms with van der Waals surface area (Å²) < 4.78 is 25.3. The van der Waals surface area contributed by atoms with Crippen LogP contribution in [0.1, 0.15) is 17.2 Å². The average molecular weight is 218 g/mol. The second-order valence-corrected chi connectivity index (χ2v) is 3.74. The van der Waals surface area contributed by atoms with Crippen molar-refractivity contribution in [2.75, 3.05) is 6.54 Å². The van der Waals surface area contributed by atoms with Gasteiger partial charge in [-0.2, -0.15) is 0 Å². The number of rotatable bonds is 1. The van der Waals surface area contributed by atoms with Crippen molar-refractivity contribution in [2.24, 2.45) is 0 Å². The first-order chi connectivity index (χ1) is 6.70. The summed E-state index contributed by atoms with van der Waals surface area (Å²) in [5, 5.41) is 3.21. The molecule has 76 valence electrons. The zero-order chi connectivity index (χ0) is 10.1. The lowest BCUT2D eigenvalue weighted by Gasteiger charge is -2.27. The van der Waals surface area contributed by atoms with Crippen LogP contribution in [-0.2, 0) is 6.42 Å². The van der Waals surface area contributed by atoms with Crippen LogP contribution in [0.25, 0.3) is 0 Å². The van der Waals surface area contributed by atoms with Gasteiger partial charge in [0.15, 0.2) is 0 Å². The van der Waals surface area contributed by atoms with E-state index in [1.807, 2.05) is 6.07 Å². The summed E-state index contributed by atoms with van der Waals surface area (Å²) in [5.74, 6) is 0. The van der Waals surface area contributed by atoms with Crippen LogP contribution in [-0.4, -0.2) is 13.0 Å². The molecule has 1 aliphatic heterocycles. The predicted octanol–water partition coefficient (Wildman–Crippen LogP) is 2.79. The maximum Gasteiger partial charge on any atom is 0.257 e. The van der Waals surface area contributed by atoms with E-state index in [1.165, 1.54) is 0 Å². The van der Waals surface area contributed by atoms with Crippen molar-refractivity contribution < 1.29 is 8.78 Å². The molecule has 0 saturated heterocycles. The van der Waals surface area contributed by atoms with E-state index < -0.39 is 12.5 Å². The first-order valence-corrected chi connectivity index (χ1v) is 4.87. The summed E-state index contributed by atoms with van der Waals surface area (Å²) in [4.78, 5) is 0. The molecule has 0 spiro atoms. The summed E-state index contributed by atoms with van der Waals surface area (Å²) in [7, 11) is 0. The van der Waals surface area contributed by atoms with Gasteiger partial charge in [-0.1, -0.05) is 23.7 Å². The summed E-state index contributed by atoms with van der Waals surface area (Å²) >= 11 is 5.91. The Kier molecular flexibility index (Phi) is 2.70. The topological polar surface area (TPSA) is 12.0 Å². The first-order valence-electron chi connectivity index (χ1n) is 4.49. The summed E-state index contributed by atoms with van der Waals surface area (Å²) in [6.07, 6.45) is -1.65. The van der Waals surface area contributed by atoms with Crippen LogP contribution in [0.2, 0.25) is 5.02 Å². The molecule has 4 heteroatoms. The fourth-order valence-electron chi connectivity index (χ4n) is 1.83. The Bertz CT molecular complexity index is 341. The van der Waals surface area contributed by atoms with Crippen LogP contribution in [0.3, 0.4) is 0 Å². The molecule has 1 aliphatic rings. The standard InChI is InChI=1S/C10H10ClF2N/c11-7-3-1-2-6-4-5-14-9(8(6)7)10(12)13/h1-3,9-10,14H,4-5H2. The maximum absolute atomic E-state index is 12.7. The molecule has 14 heavy (non-hydrogen) atoms. The molecule has 0 radical (unpaired) electrons. The number of fused-ring (bicyclic) bond motifs is 1. The largest absolute Gasteiger partial charge is 0.305 e. The zero-order valence-electron chi connectivity index (χ0n) is 7.43. The van der Waals surface area contributed by atoms with Gasteiger partial charge in [0.2, 0.25) is 0 Å².